The van der Waals surface area contributed by atoms with Crippen LogP contribution >= 0.6 is 0 Å². The van der Waals surface area contributed by atoms with Gasteiger partial charge in [0, 0.05) is 56.3 Å². The summed E-state index contributed by atoms with van der Waals surface area (Å²) in [6.45, 7) is 8.78. The zero-order chi connectivity index (χ0) is 27.4. The van der Waals surface area contributed by atoms with Gasteiger partial charge in [0.15, 0.2) is 0 Å². The Bertz CT molecular complexity index is 1340. The number of urea groups is 1. The third kappa shape index (κ3) is 5.95. The molecule has 3 amide bonds. The van der Waals surface area contributed by atoms with Crippen molar-refractivity contribution >= 4 is 34.7 Å². The Morgan fingerprint density at radius 3 is 2.00 bits per heavy atom. The number of piperazine rings is 1. The van der Waals surface area contributed by atoms with Gasteiger partial charge in [-0.15, -0.1) is 0 Å². The Kier molecular flexibility index (Phi) is 7.91. The second-order valence-electron chi connectivity index (χ2n) is 10.3. The van der Waals surface area contributed by atoms with Crippen molar-refractivity contribution in [2.45, 2.75) is 26.7 Å². The highest BCUT2D eigenvalue weighted by atomic mass is 16.5. The molecule has 3 aromatic rings. The number of amides is 3. The molecule has 2 fully saturated rings. The molecule has 3 aromatic carbocycles. The van der Waals surface area contributed by atoms with Crippen molar-refractivity contribution in [1.82, 2.24) is 4.90 Å². The van der Waals surface area contributed by atoms with E-state index in [9.17, 15) is 9.59 Å². The van der Waals surface area contributed by atoms with Crippen molar-refractivity contribution in [1.29, 1.82) is 0 Å². The number of carbonyl (C=O) groups is 2. The molecule has 2 aliphatic heterocycles. The Balaban J connectivity index is 1.34. The summed E-state index contributed by atoms with van der Waals surface area (Å²) in [6, 6.07) is 19.2. The van der Waals surface area contributed by atoms with Gasteiger partial charge in [-0.3, -0.25) is 4.79 Å². The number of anilines is 4. The van der Waals surface area contributed by atoms with Crippen LogP contribution in [0.4, 0.5) is 27.5 Å². The molecule has 0 spiro atoms. The maximum Gasteiger partial charge on any atom is 0.323 e. The van der Waals surface area contributed by atoms with E-state index >= 15 is 0 Å². The number of aryl methyl sites for hydroxylation is 2. The fourth-order valence-corrected chi connectivity index (χ4v) is 5.34. The number of nitrogens with zero attached hydrogens (tertiary/aromatic N) is 3. The molecule has 0 unspecified atom stereocenters. The van der Waals surface area contributed by atoms with Crippen LogP contribution in [0.2, 0.25) is 0 Å². The number of hydrogen-bond acceptors (Lipinski definition) is 5. The SMILES string of the molecule is COc1ccccc1N1CCN(c2ccc(NC(=O)Nc3ccc(C)c(C)c3)cc2C(=O)N2CCCC2)CC1. The van der Waals surface area contributed by atoms with E-state index in [1.165, 1.54) is 5.56 Å². The summed E-state index contributed by atoms with van der Waals surface area (Å²) in [5.74, 6) is 0.887. The minimum absolute atomic E-state index is 0.0212. The molecule has 0 atom stereocenters. The maximum absolute atomic E-state index is 13.6. The summed E-state index contributed by atoms with van der Waals surface area (Å²) in [7, 11) is 1.70. The number of methoxy groups -OCH3 is 1. The number of hydrogen-bond donors (Lipinski definition) is 2. The lowest BCUT2D eigenvalue weighted by Crippen LogP contribution is -2.47. The minimum Gasteiger partial charge on any atom is -0.495 e. The number of likely N-dealkylation sites (tertiary alicyclic amines) is 1. The smallest absolute Gasteiger partial charge is 0.323 e. The molecule has 2 N–H and O–H groups in total. The molecule has 0 radical (unpaired) electrons. The van der Waals surface area contributed by atoms with E-state index in [-0.39, 0.29) is 11.9 Å². The molecular weight excluding hydrogens is 490 g/mol. The predicted octanol–water partition coefficient (Wildman–Crippen LogP) is 5.52. The zero-order valence-electron chi connectivity index (χ0n) is 23.0. The fraction of sp³-hybridized carbons (Fsp3) is 0.355. The van der Waals surface area contributed by atoms with E-state index < -0.39 is 0 Å². The van der Waals surface area contributed by atoms with Gasteiger partial charge in [0.05, 0.1) is 18.4 Å². The second kappa shape index (κ2) is 11.7. The van der Waals surface area contributed by atoms with Crippen LogP contribution in [0.1, 0.15) is 34.3 Å². The first kappa shape index (κ1) is 26.4. The highest BCUT2D eigenvalue weighted by Gasteiger charge is 2.27. The Morgan fingerprint density at radius 1 is 0.718 bits per heavy atom. The van der Waals surface area contributed by atoms with Gasteiger partial charge >= 0.3 is 6.03 Å². The molecule has 2 saturated heterocycles. The van der Waals surface area contributed by atoms with Gasteiger partial charge in [0.2, 0.25) is 0 Å². The summed E-state index contributed by atoms with van der Waals surface area (Å²) in [6.07, 6.45) is 2.05. The molecule has 0 bridgehead atoms. The lowest BCUT2D eigenvalue weighted by Gasteiger charge is -2.38. The number of ether oxygens (including phenoxy) is 1. The first-order chi connectivity index (χ1) is 18.9. The third-order valence-corrected chi connectivity index (χ3v) is 7.69. The maximum atomic E-state index is 13.6. The van der Waals surface area contributed by atoms with Gasteiger partial charge in [-0.25, -0.2) is 4.79 Å². The number of carbonyl (C=O) groups excluding carboxylic acids is 2. The second-order valence-corrected chi connectivity index (χ2v) is 10.3. The molecule has 5 rings (SSSR count). The lowest BCUT2D eigenvalue weighted by atomic mass is 10.1. The molecule has 2 aliphatic rings. The highest BCUT2D eigenvalue weighted by Crippen LogP contribution is 2.32. The molecule has 8 heteroatoms. The van der Waals surface area contributed by atoms with Gasteiger partial charge in [0.1, 0.15) is 5.75 Å². The molecule has 8 nitrogen and oxygen atoms in total. The van der Waals surface area contributed by atoms with Crippen LogP contribution in [0.25, 0.3) is 0 Å². The molecule has 204 valence electrons. The molecule has 0 aromatic heterocycles. The fourth-order valence-electron chi connectivity index (χ4n) is 5.34. The Hall–Kier alpha value is -4.20. The van der Waals surface area contributed by atoms with Crippen molar-refractivity contribution in [3.63, 3.8) is 0 Å². The van der Waals surface area contributed by atoms with Crippen LogP contribution in [0, 0.1) is 13.8 Å². The molecule has 0 aliphatic carbocycles. The van der Waals surface area contributed by atoms with Gasteiger partial charge in [-0.2, -0.15) is 0 Å². The predicted molar refractivity (Wildman–Crippen MR) is 158 cm³/mol. The molecule has 2 heterocycles. The van der Waals surface area contributed by atoms with E-state index in [1.807, 2.05) is 73.3 Å². The van der Waals surface area contributed by atoms with Crippen LogP contribution in [-0.2, 0) is 0 Å². The topological polar surface area (TPSA) is 77.1 Å². The standard InChI is InChI=1S/C31H37N5O3/c1-22-10-11-24(20-23(22)2)32-31(38)33-25-12-13-27(26(21-25)30(37)36-14-6-7-15-36)34-16-18-35(19-17-34)28-8-4-5-9-29(28)39-3/h4-5,8-13,20-21H,6-7,14-19H2,1-3H3,(H2,32,33,38). The zero-order valence-corrected chi connectivity index (χ0v) is 23.0. The third-order valence-electron chi connectivity index (χ3n) is 7.69. The molecule has 0 saturated carbocycles. The number of nitrogens with one attached hydrogen (secondary N) is 2. The van der Waals surface area contributed by atoms with Crippen LogP contribution in [0.5, 0.6) is 5.75 Å². The quantitative estimate of drug-likeness (QED) is 0.442. The van der Waals surface area contributed by atoms with Crippen LogP contribution in [-0.4, -0.2) is 63.2 Å². The Morgan fingerprint density at radius 2 is 1.33 bits per heavy atom. The van der Waals surface area contributed by atoms with Crippen LogP contribution < -0.4 is 25.2 Å². The van der Waals surface area contributed by atoms with Gasteiger partial charge < -0.3 is 30.1 Å². The highest BCUT2D eigenvalue weighted by molar-refractivity contribution is 6.04. The van der Waals surface area contributed by atoms with Crippen molar-refractivity contribution in [2.75, 3.05) is 66.8 Å². The van der Waals surface area contributed by atoms with Crippen LogP contribution in [0.3, 0.4) is 0 Å². The van der Waals surface area contributed by atoms with Gasteiger partial charge in [-0.1, -0.05) is 18.2 Å². The van der Waals surface area contributed by atoms with E-state index in [1.54, 1.807) is 7.11 Å². The van der Waals surface area contributed by atoms with Crippen LogP contribution in [0.15, 0.2) is 60.7 Å². The van der Waals surface area contributed by atoms with Gasteiger partial charge in [-0.05, 0) is 80.3 Å². The first-order valence-electron chi connectivity index (χ1n) is 13.6. The van der Waals surface area contributed by atoms with Crippen molar-refractivity contribution in [2.24, 2.45) is 0 Å². The number of benzene rings is 3. The lowest BCUT2D eigenvalue weighted by molar-refractivity contribution is 0.0793. The summed E-state index contributed by atoms with van der Waals surface area (Å²) >= 11 is 0. The van der Waals surface area contributed by atoms with Crippen molar-refractivity contribution in [3.8, 4) is 5.75 Å². The largest absolute Gasteiger partial charge is 0.495 e. The van der Waals surface area contributed by atoms with E-state index in [4.69, 9.17) is 4.74 Å². The number of rotatable bonds is 6. The van der Waals surface area contributed by atoms with E-state index in [0.29, 0.717) is 11.3 Å². The van der Waals surface area contributed by atoms with E-state index in [0.717, 1.165) is 80.5 Å². The minimum atomic E-state index is -0.337. The molecule has 39 heavy (non-hydrogen) atoms. The van der Waals surface area contributed by atoms with Gasteiger partial charge in [0.25, 0.3) is 5.91 Å². The molecular formula is C31H37N5O3. The average Bonchev–Trinajstić information content (AvgIpc) is 3.50. The van der Waals surface area contributed by atoms with Crippen molar-refractivity contribution < 1.29 is 14.3 Å². The summed E-state index contributed by atoms with van der Waals surface area (Å²) < 4.78 is 5.57. The normalized spacial score (nSPS) is 15.3. The summed E-state index contributed by atoms with van der Waals surface area (Å²) in [5.41, 5.74) is 6.23. The summed E-state index contributed by atoms with van der Waals surface area (Å²) in [4.78, 5) is 32.9. The first-order valence-corrected chi connectivity index (χ1v) is 13.6. The van der Waals surface area contributed by atoms with E-state index in [2.05, 4.69) is 26.5 Å². The van der Waals surface area contributed by atoms with Crippen molar-refractivity contribution in [3.05, 3.63) is 77.4 Å². The Labute approximate surface area is 230 Å². The number of para-hydroxylation sites is 2. The monoisotopic (exact) mass is 527 g/mol. The summed E-state index contributed by atoms with van der Waals surface area (Å²) in [5, 5.41) is 5.82. The average molecular weight is 528 g/mol.